The minimum absolute atomic E-state index is 0.177. The Balaban J connectivity index is 2.18. The molecule has 0 bridgehead atoms. The van der Waals surface area contributed by atoms with E-state index in [9.17, 15) is 0 Å². The second kappa shape index (κ2) is 5.84. The van der Waals surface area contributed by atoms with Crippen molar-refractivity contribution >= 4 is 38.9 Å². The molecule has 0 spiro atoms. The summed E-state index contributed by atoms with van der Waals surface area (Å²) >= 11 is 7.13. The molecule has 1 aromatic heterocycles. The van der Waals surface area contributed by atoms with Gasteiger partial charge in [0.1, 0.15) is 5.01 Å². The van der Waals surface area contributed by atoms with Gasteiger partial charge in [0, 0.05) is 13.1 Å². The normalized spacial score (nSPS) is 12.7. The van der Waals surface area contributed by atoms with Crippen LogP contribution < -0.4 is 5.32 Å². The van der Waals surface area contributed by atoms with Crippen molar-refractivity contribution in [3.05, 3.63) is 29.3 Å². The zero-order chi connectivity index (χ0) is 14.0. The third kappa shape index (κ3) is 3.22. The molecular weight excluding hydrogens is 274 g/mol. The van der Waals surface area contributed by atoms with E-state index in [1.54, 1.807) is 11.3 Å². The first-order valence-corrected chi connectivity index (χ1v) is 7.60. The molecule has 1 aromatic carbocycles. The topological polar surface area (TPSA) is 28.2 Å². The minimum Gasteiger partial charge on any atom is -0.360 e. The van der Waals surface area contributed by atoms with Gasteiger partial charge in [-0.1, -0.05) is 12.1 Å². The van der Waals surface area contributed by atoms with Crippen LogP contribution in [0, 0.1) is 0 Å². The van der Waals surface area contributed by atoms with Crippen molar-refractivity contribution in [1.29, 1.82) is 0 Å². The van der Waals surface area contributed by atoms with Gasteiger partial charge in [0.05, 0.1) is 16.3 Å². The second-order valence-electron chi connectivity index (χ2n) is 4.91. The fourth-order valence-corrected chi connectivity index (χ4v) is 3.22. The molecule has 0 aliphatic rings. The van der Waals surface area contributed by atoms with E-state index in [0.29, 0.717) is 6.04 Å². The Labute approximate surface area is 123 Å². The summed E-state index contributed by atoms with van der Waals surface area (Å²) in [7, 11) is 2.01. The van der Waals surface area contributed by atoms with Crippen molar-refractivity contribution in [2.75, 3.05) is 7.05 Å². The van der Waals surface area contributed by atoms with Crippen LogP contribution in [-0.4, -0.2) is 28.1 Å². The first-order valence-electron chi connectivity index (χ1n) is 6.38. The highest BCUT2D eigenvalue weighted by Gasteiger charge is 2.18. The number of fused-ring (bicyclic) bond motifs is 1. The summed E-state index contributed by atoms with van der Waals surface area (Å²) in [6, 6.07) is 8.74. The Bertz CT molecular complexity index is 544. The van der Waals surface area contributed by atoms with Gasteiger partial charge < -0.3 is 10.2 Å². The molecule has 102 valence electrons. The summed E-state index contributed by atoms with van der Waals surface area (Å²) in [6.07, 6.45) is 0. The Hall–Kier alpha value is -1.20. The number of para-hydroxylation sites is 1. The number of thiazole rings is 1. The molecule has 0 saturated heterocycles. The van der Waals surface area contributed by atoms with E-state index in [2.05, 4.69) is 42.0 Å². The van der Waals surface area contributed by atoms with Gasteiger partial charge in [0.15, 0.2) is 5.11 Å². The number of nitrogens with zero attached hydrogens (tertiary/aromatic N) is 2. The zero-order valence-electron chi connectivity index (χ0n) is 11.7. The van der Waals surface area contributed by atoms with Crippen LogP contribution in [0.5, 0.6) is 0 Å². The van der Waals surface area contributed by atoms with Crippen LogP contribution in [-0.2, 0) is 0 Å². The van der Waals surface area contributed by atoms with Crippen molar-refractivity contribution in [3.8, 4) is 0 Å². The lowest BCUT2D eigenvalue weighted by atomic mass is 10.3. The standard InChI is InChI=1S/C14H19N3S2/c1-9(2)15-14(18)17(4)10(3)13-16-11-7-5-6-8-12(11)19-13/h5-10H,1-4H3,(H,15,18)/t10-/m1/s1. The second-order valence-corrected chi connectivity index (χ2v) is 6.36. The first kappa shape index (κ1) is 14.2. The summed E-state index contributed by atoms with van der Waals surface area (Å²) < 4.78 is 1.22. The average Bonchev–Trinajstić information content (AvgIpc) is 2.79. The van der Waals surface area contributed by atoms with Crippen molar-refractivity contribution in [3.63, 3.8) is 0 Å². The molecule has 1 atom stereocenters. The first-order chi connectivity index (χ1) is 8.99. The van der Waals surface area contributed by atoms with E-state index in [1.807, 2.05) is 25.2 Å². The van der Waals surface area contributed by atoms with E-state index < -0.39 is 0 Å². The van der Waals surface area contributed by atoms with E-state index in [0.717, 1.165) is 15.6 Å². The number of thiocarbonyl (C=S) groups is 1. The predicted molar refractivity (Wildman–Crippen MR) is 86.7 cm³/mol. The van der Waals surface area contributed by atoms with Crippen molar-refractivity contribution in [1.82, 2.24) is 15.2 Å². The number of rotatable bonds is 3. The van der Waals surface area contributed by atoms with E-state index in [4.69, 9.17) is 12.2 Å². The van der Waals surface area contributed by atoms with Gasteiger partial charge in [-0.05, 0) is 45.1 Å². The lowest BCUT2D eigenvalue weighted by Crippen LogP contribution is -2.41. The maximum atomic E-state index is 5.40. The highest BCUT2D eigenvalue weighted by atomic mass is 32.1. The van der Waals surface area contributed by atoms with Crippen LogP contribution in [0.1, 0.15) is 31.8 Å². The summed E-state index contributed by atoms with van der Waals surface area (Å²) in [4.78, 5) is 6.75. The molecule has 3 nitrogen and oxygen atoms in total. The smallest absolute Gasteiger partial charge is 0.169 e. The number of hydrogen-bond donors (Lipinski definition) is 1. The van der Waals surface area contributed by atoms with Crippen LogP contribution in [0.4, 0.5) is 0 Å². The molecule has 1 heterocycles. The number of benzene rings is 1. The molecule has 0 unspecified atom stereocenters. The molecule has 5 heteroatoms. The van der Waals surface area contributed by atoms with Gasteiger partial charge in [-0.15, -0.1) is 11.3 Å². The number of aromatic nitrogens is 1. The fraction of sp³-hybridized carbons (Fsp3) is 0.429. The van der Waals surface area contributed by atoms with Gasteiger partial charge in [-0.3, -0.25) is 0 Å². The van der Waals surface area contributed by atoms with E-state index in [-0.39, 0.29) is 6.04 Å². The van der Waals surface area contributed by atoms with Gasteiger partial charge in [-0.2, -0.15) is 0 Å². The van der Waals surface area contributed by atoms with E-state index in [1.165, 1.54) is 4.70 Å². The minimum atomic E-state index is 0.177. The molecule has 0 amide bonds. The highest BCUT2D eigenvalue weighted by Crippen LogP contribution is 2.28. The lowest BCUT2D eigenvalue weighted by molar-refractivity contribution is 0.391. The van der Waals surface area contributed by atoms with Crippen LogP contribution in [0.3, 0.4) is 0 Å². The van der Waals surface area contributed by atoms with Crippen LogP contribution >= 0.6 is 23.6 Å². The molecular formula is C14H19N3S2. The molecule has 2 rings (SSSR count). The SMILES string of the molecule is CC(C)NC(=S)N(C)[C@H](C)c1nc2ccccc2s1. The largest absolute Gasteiger partial charge is 0.360 e. The van der Waals surface area contributed by atoms with Crippen molar-refractivity contribution < 1.29 is 0 Å². The summed E-state index contributed by atoms with van der Waals surface area (Å²) in [6.45, 7) is 6.30. The van der Waals surface area contributed by atoms with Gasteiger partial charge in [0.25, 0.3) is 0 Å². The van der Waals surface area contributed by atoms with Crippen molar-refractivity contribution in [2.45, 2.75) is 32.9 Å². The van der Waals surface area contributed by atoms with Gasteiger partial charge >= 0.3 is 0 Å². The molecule has 2 aromatic rings. The Morgan fingerprint density at radius 1 is 1.32 bits per heavy atom. The average molecular weight is 293 g/mol. The highest BCUT2D eigenvalue weighted by molar-refractivity contribution is 7.80. The van der Waals surface area contributed by atoms with Gasteiger partial charge in [0.2, 0.25) is 0 Å². The van der Waals surface area contributed by atoms with Crippen molar-refractivity contribution in [2.24, 2.45) is 0 Å². The van der Waals surface area contributed by atoms with E-state index >= 15 is 0 Å². The Morgan fingerprint density at radius 3 is 2.63 bits per heavy atom. The Morgan fingerprint density at radius 2 is 2.00 bits per heavy atom. The molecule has 1 N–H and O–H groups in total. The quantitative estimate of drug-likeness (QED) is 0.876. The maximum Gasteiger partial charge on any atom is 0.169 e. The molecule has 0 aliphatic heterocycles. The third-order valence-electron chi connectivity index (χ3n) is 2.98. The van der Waals surface area contributed by atoms with Crippen LogP contribution in [0.15, 0.2) is 24.3 Å². The summed E-state index contributed by atoms with van der Waals surface area (Å²) in [5.41, 5.74) is 1.06. The molecule has 19 heavy (non-hydrogen) atoms. The molecule has 0 radical (unpaired) electrons. The maximum absolute atomic E-state index is 5.40. The van der Waals surface area contributed by atoms with Gasteiger partial charge in [-0.25, -0.2) is 4.98 Å². The van der Waals surface area contributed by atoms with Crippen LogP contribution in [0.25, 0.3) is 10.2 Å². The fourth-order valence-electron chi connectivity index (χ4n) is 1.76. The molecule has 0 fully saturated rings. The monoisotopic (exact) mass is 293 g/mol. The predicted octanol–water partition coefficient (Wildman–Crippen LogP) is 3.57. The van der Waals surface area contributed by atoms with Crippen LogP contribution in [0.2, 0.25) is 0 Å². The summed E-state index contributed by atoms with van der Waals surface area (Å²) in [5, 5.41) is 5.12. The molecule has 0 saturated carbocycles. The number of nitrogens with one attached hydrogen (secondary N) is 1. The number of hydrogen-bond acceptors (Lipinski definition) is 3. The Kier molecular flexibility index (Phi) is 4.37. The zero-order valence-corrected chi connectivity index (χ0v) is 13.3. The molecule has 0 aliphatic carbocycles. The summed E-state index contributed by atoms with van der Waals surface area (Å²) in [5.74, 6) is 0. The lowest BCUT2D eigenvalue weighted by Gasteiger charge is -2.27. The third-order valence-corrected chi connectivity index (χ3v) is 4.59.